The van der Waals surface area contributed by atoms with Gasteiger partial charge in [0.05, 0.1) is 5.69 Å². The average Bonchev–Trinajstić information content (AvgIpc) is 3.23. The van der Waals surface area contributed by atoms with E-state index in [1.54, 1.807) is 0 Å². The largest absolute Gasteiger partial charge is 0.348 e. The van der Waals surface area contributed by atoms with Gasteiger partial charge in [-0.2, -0.15) is 0 Å². The average molecular weight is 407 g/mol. The zero-order valence-corrected chi connectivity index (χ0v) is 17.6. The lowest BCUT2D eigenvalue weighted by molar-refractivity contribution is 0.0951. The molecule has 3 aromatic carbocycles. The molecule has 0 spiro atoms. The Morgan fingerprint density at radius 1 is 0.806 bits per heavy atom. The van der Waals surface area contributed by atoms with Gasteiger partial charge in [0.1, 0.15) is 0 Å². The van der Waals surface area contributed by atoms with Gasteiger partial charge in [-0.15, -0.1) is 0 Å². The monoisotopic (exact) mass is 406 g/mol. The predicted octanol–water partition coefficient (Wildman–Crippen LogP) is 5.95. The minimum absolute atomic E-state index is 0.0479. The molecule has 1 N–H and O–H groups in total. The number of carbonyl (C=O) groups is 1. The third-order valence-electron chi connectivity index (χ3n) is 6.06. The van der Waals surface area contributed by atoms with Crippen LogP contribution in [0.25, 0.3) is 16.9 Å². The number of carbonyl (C=O) groups excluding carboxylic acids is 1. The zero-order chi connectivity index (χ0) is 21.0. The van der Waals surface area contributed by atoms with Crippen LogP contribution in [0.5, 0.6) is 0 Å². The van der Waals surface area contributed by atoms with Crippen molar-refractivity contribution in [3.8, 4) is 16.9 Å². The molecule has 1 heterocycles. The molecule has 3 nitrogen and oxygen atoms in total. The van der Waals surface area contributed by atoms with Gasteiger partial charge >= 0.3 is 0 Å². The molecule has 4 aromatic rings. The van der Waals surface area contributed by atoms with Gasteiger partial charge < -0.3 is 9.88 Å². The number of fused-ring (bicyclic) bond motifs is 1. The summed E-state index contributed by atoms with van der Waals surface area (Å²) in [5, 5.41) is 3.01. The normalized spacial score (nSPS) is 12.9. The lowest BCUT2D eigenvalue weighted by Gasteiger charge is -2.18. The molecule has 1 aliphatic carbocycles. The maximum absolute atomic E-state index is 12.6. The summed E-state index contributed by atoms with van der Waals surface area (Å²) < 4.78 is 2.38. The smallest absolute Gasteiger partial charge is 0.251 e. The van der Waals surface area contributed by atoms with Crippen molar-refractivity contribution >= 4 is 5.91 Å². The van der Waals surface area contributed by atoms with Gasteiger partial charge in [-0.1, -0.05) is 60.7 Å². The molecule has 0 unspecified atom stereocenters. The Morgan fingerprint density at radius 2 is 1.48 bits per heavy atom. The van der Waals surface area contributed by atoms with Gasteiger partial charge in [0, 0.05) is 23.5 Å². The fraction of sp³-hybridized carbons (Fsp3) is 0.179. The Kier molecular flexibility index (Phi) is 5.40. The van der Waals surface area contributed by atoms with Crippen LogP contribution in [0.4, 0.5) is 0 Å². The summed E-state index contributed by atoms with van der Waals surface area (Å²) in [5.41, 5.74) is 8.21. The number of aryl methyl sites for hydroxylation is 1. The van der Waals surface area contributed by atoms with Crippen molar-refractivity contribution in [3.63, 3.8) is 0 Å². The Bertz CT molecular complexity index is 1180. The number of amides is 1. The molecule has 1 aliphatic rings. The maximum atomic E-state index is 12.6. The summed E-state index contributed by atoms with van der Waals surface area (Å²) >= 11 is 0. The molecule has 0 aliphatic heterocycles. The summed E-state index contributed by atoms with van der Waals surface area (Å²) in [6.45, 7) is 0.532. The number of nitrogens with one attached hydrogen (secondary N) is 1. The molecule has 154 valence electrons. The third-order valence-corrected chi connectivity index (χ3v) is 6.06. The first kappa shape index (κ1) is 19.4. The minimum Gasteiger partial charge on any atom is -0.348 e. The van der Waals surface area contributed by atoms with Crippen molar-refractivity contribution in [2.75, 3.05) is 0 Å². The molecule has 0 radical (unpaired) electrons. The van der Waals surface area contributed by atoms with Crippen molar-refractivity contribution in [3.05, 3.63) is 113 Å². The number of aromatic nitrogens is 1. The van der Waals surface area contributed by atoms with E-state index in [0.717, 1.165) is 24.1 Å². The van der Waals surface area contributed by atoms with Crippen molar-refractivity contribution in [2.24, 2.45) is 0 Å². The second-order valence-corrected chi connectivity index (χ2v) is 8.13. The van der Waals surface area contributed by atoms with Gasteiger partial charge in [-0.05, 0) is 72.7 Å². The highest BCUT2D eigenvalue weighted by atomic mass is 16.1. The highest BCUT2D eigenvalue weighted by Crippen LogP contribution is 2.33. The summed E-state index contributed by atoms with van der Waals surface area (Å²) in [6, 6.07) is 30.9. The van der Waals surface area contributed by atoms with Crippen LogP contribution in [-0.2, 0) is 19.4 Å². The molecule has 3 heteroatoms. The number of hydrogen-bond acceptors (Lipinski definition) is 1. The van der Waals surface area contributed by atoms with E-state index < -0.39 is 0 Å². The van der Waals surface area contributed by atoms with Gasteiger partial charge in [0.2, 0.25) is 0 Å². The van der Waals surface area contributed by atoms with E-state index in [0.29, 0.717) is 12.1 Å². The van der Waals surface area contributed by atoms with E-state index in [1.165, 1.54) is 35.4 Å². The fourth-order valence-electron chi connectivity index (χ4n) is 4.46. The molecule has 1 aromatic heterocycles. The lowest BCUT2D eigenvalue weighted by Crippen LogP contribution is -2.22. The van der Waals surface area contributed by atoms with E-state index in [4.69, 9.17) is 0 Å². The summed E-state index contributed by atoms with van der Waals surface area (Å²) in [5.74, 6) is -0.0479. The van der Waals surface area contributed by atoms with Gasteiger partial charge in [0.15, 0.2) is 0 Å². The topological polar surface area (TPSA) is 34.0 Å². The molecule has 1 amide bonds. The number of benzene rings is 3. The van der Waals surface area contributed by atoms with Crippen LogP contribution in [0.2, 0.25) is 0 Å². The standard InChI is InChI=1S/C28H26N2O/c31-28(29-20-21-9-3-1-4-10-21)23-15-17-25(18-16-23)30-26-14-8-7-13-24(26)19-27(30)22-11-5-2-6-12-22/h1-6,9-12,15-19H,7-8,13-14,20H2,(H,29,31). The van der Waals surface area contributed by atoms with Crippen molar-refractivity contribution in [1.29, 1.82) is 0 Å². The molecule has 31 heavy (non-hydrogen) atoms. The maximum Gasteiger partial charge on any atom is 0.251 e. The SMILES string of the molecule is O=C(NCc1ccccc1)c1ccc(-n2c(-c3ccccc3)cc3c2CCCC3)cc1. The summed E-state index contributed by atoms with van der Waals surface area (Å²) in [7, 11) is 0. The minimum atomic E-state index is -0.0479. The van der Waals surface area contributed by atoms with Crippen LogP contribution in [0.1, 0.15) is 40.0 Å². The fourth-order valence-corrected chi connectivity index (χ4v) is 4.46. The van der Waals surface area contributed by atoms with Crippen LogP contribution in [-0.4, -0.2) is 10.5 Å². The van der Waals surface area contributed by atoms with E-state index in [2.05, 4.69) is 58.4 Å². The Balaban J connectivity index is 1.43. The van der Waals surface area contributed by atoms with E-state index in [9.17, 15) is 4.79 Å². The van der Waals surface area contributed by atoms with E-state index >= 15 is 0 Å². The third kappa shape index (κ3) is 4.04. The first-order chi connectivity index (χ1) is 15.3. The van der Waals surface area contributed by atoms with Crippen LogP contribution in [0.3, 0.4) is 0 Å². The number of rotatable bonds is 5. The van der Waals surface area contributed by atoms with Gasteiger partial charge in [0.25, 0.3) is 5.91 Å². The Hall–Kier alpha value is -3.59. The molecular formula is C28H26N2O. The second kappa shape index (κ2) is 8.65. The van der Waals surface area contributed by atoms with Crippen LogP contribution in [0.15, 0.2) is 91.0 Å². The molecule has 0 bridgehead atoms. The highest BCUT2D eigenvalue weighted by Gasteiger charge is 2.20. The molecule has 0 saturated carbocycles. The van der Waals surface area contributed by atoms with Crippen LogP contribution >= 0.6 is 0 Å². The Labute approximate surface area is 183 Å². The van der Waals surface area contributed by atoms with Crippen molar-refractivity contribution in [1.82, 2.24) is 9.88 Å². The zero-order valence-electron chi connectivity index (χ0n) is 17.6. The van der Waals surface area contributed by atoms with E-state index in [1.807, 2.05) is 42.5 Å². The Morgan fingerprint density at radius 3 is 2.23 bits per heavy atom. The predicted molar refractivity (Wildman–Crippen MR) is 125 cm³/mol. The van der Waals surface area contributed by atoms with Crippen molar-refractivity contribution in [2.45, 2.75) is 32.2 Å². The summed E-state index contributed by atoms with van der Waals surface area (Å²) in [6.07, 6.45) is 4.72. The van der Waals surface area contributed by atoms with Crippen LogP contribution < -0.4 is 5.32 Å². The van der Waals surface area contributed by atoms with E-state index in [-0.39, 0.29) is 5.91 Å². The summed E-state index contributed by atoms with van der Waals surface area (Å²) in [4.78, 5) is 12.6. The van der Waals surface area contributed by atoms with Crippen LogP contribution in [0, 0.1) is 0 Å². The molecular weight excluding hydrogens is 380 g/mol. The quantitative estimate of drug-likeness (QED) is 0.436. The highest BCUT2D eigenvalue weighted by molar-refractivity contribution is 5.94. The number of hydrogen-bond donors (Lipinski definition) is 1. The van der Waals surface area contributed by atoms with Gasteiger partial charge in [-0.3, -0.25) is 4.79 Å². The molecule has 5 rings (SSSR count). The number of nitrogens with zero attached hydrogens (tertiary/aromatic N) is 1. The van der Waals surface area contributed by atoms with Gasteiger partial charge in [-0.25, -0.2) is 0 Å². The molecule has 0 atom stereocenters. The molecule has 0 saturated heterocycles. The lowest BCUT2D eigenvalue weighted by atomic mass is 9.98. The first-order valence-electron chi connectivity index (χ1n) is 11.0. The second-order valence-electron chi connectivity index (χ2n) is 8.13. The first-order valence-corrected chi connectivity index (χ1v) is 11.0. The molecule has 0 fully saturated rings. The van der Waals surface area contributed by atoms with Crippen molar-refractivity contribution < 1.29 is 4.79 Å².